The van der Waals surface area contributed by atoms with Crippen LogP contribution in [0.2, 0.25) is 0 Å². The molecule has 1 aliphatic rings. The molecule has 10 heteroatoms. The summed E-state index contributed by atoms with van der Waals surface area (Å²) in [5.41, 5.74) is 0. The van der Waals surface area contributed by atoms with Crippen LogP contribution in [-0.2, 0) is 19.2 Å². The molecular formula is C56H110N6O4. The highest BCUT2D eigenvalue weighted by atomic mass is 16.2. The van der Waals surface area contributed by atoms with E-state index >= 15 is 0 Å². The van der Waals surface area contributed by atoms with Crippen molar-refractivity contribution in [3.05, 3.63) is 0 Å². The summed E-state index contributed by atoms with van der Waals surface area (Å²) in [4.78, 5) is 57.2. The molecule has 10 nitrogen and oxygen atoms in total. The molecule has 1 heterocycles. The van der Waals surface area contributed by atoms with E-state index in [2.05, 4.69) is 86.5 Å². The molecule has 0 saturated carbocycles. The Labute approximate surface area is 408 Å². The standard InChI is InChI=1S/C56H110N6O4/c1-47(2)33-25-17-9-13-21-29-39-61(40-30-22-14-10-18-26-34-48(3)4)43-37-57-53(63)45-51-55(65)60-52(56(66)59-51)46-54(64)58-38-44-62(41-31-23-15-11-19-27-35-49(5)6)42-32-24-16-12-20-28-36-50(7)8/h47-52H,9-46H2,1-8H3,(H,57,63)(H,58,64)(H,59,66)(H,60,65). The number of hydrogen-bond donors (Lipinski definition) is 4. The molecule has 4 amide bonds. The van der Waals surface area contributed by atoms with Crippen molar-refractivity contribution in [1.29, 1.82) is 0 Å². The molecule has 0 spiro atoms. The van der Waals surface area contributed by atoms with Crippen molar-refractivity contribution in [3.63, 3.8) is 0 Å². The van der Waals surface area contributed by atoms with Crippen molar-refractivity contribution in [2.45, 2.75) is 260 Å². The van der Waals surface area contributed by atoms with Crippen molar-refractivity contribution in [1.82, 2.24) is 31.1 Å². The Balaban J connectivity index is 2.49. The van der Waals surface area contributed by atoms with E-state index in [-0.39, 0.29) is 24.7 Å². The van der Waals surface area contributed by atoms with E-state index in [1.807, 2.05) is 0 Å². The summed E-state index contributed by atoms with van der Waals surface area (Å²) in [5, 5.41) is 11.5. The third-order valence-corrected chi connectivity index (χ3v) is 13.6. The summed E-state index contributed by atoms with van der Waals surface area (Å²) < 4.78 is 0. The maximum atomic E-state index is 13.1. The quantitative estimate of drug-likeness (QED) is 0.0451. The van der Waals surface area contributed by atoms with E-state index in [0.717, 1.165) is 62.9 Å². The smallest absolute Gasteiger partial charge is 0.243 e. The molecule has 4 N–H and O–H groups in total. The molecule has 2 atom stereocenters. The largest absolute Gasteiger partial charge is 0.355 e. The van der Waals surface area contributed by atoms with Gasteiger partial charge in [-0.15, -0.1) is 0 Å². The first-order valence-corrected chi connectivity index (χ1v) is 28.4. The van der Waals surface area contributed by atoms with Crippen LogP contribution < -0.4 is 21.3 Å². The SMILES string of the molecule is CC(C)CCCCCCCCN(CCCCCCCCC(C)C)CCNC(=O)CC1NC(=O)C(CC(=O)NCCN(CCCCCCCCC(C)C)CCCCCCCCC(C)C)NC1=O. The lowest BCUT2D eigenvalue weighted by Gasteiger charge is -2.29. The molecule has 0 aromatic carbocycles. The Bertz CT molecular complexity index is 1060. The fourth-order valence-electron chi connectivity index (χ4n) is 9.24. The second-order valence-electron chi connectivity index (χ2n) is 22.1. The van der Waals surface area contributed by atoms with Crippen LogP contribution in [0.15, 0.2) is 0 Å². The van der Waals surface area contributed by atoms with Gasteiger partial charge in [-0.2, -0.15) is 0 Å². The van der Waals surface area contributed by atoms with E-state index < -0.39 is 23.9 Å². The second-order valence-corrected chi connectivity index (χ2v) is 22.1. The minimum absolute atomic E-state index is 0.115. The summed E-state index contributed by atoms with van der Waals surface area (Å²) in [5.74, 6) is 1.84. The monoisotopic (exact) mass is 931 g/mol. The predicted molar refractivity (Wildman–Crippen MR) is 281 cm³/mol. The van der Waals surface area contributed by atoms with Gasteiger partial charge in [0.1, 0.15) is 12.1 Å². The molecule has 388 valence electrons. The maximum absolute atomic E-state index is 13.1. The third kappa shape index (κ3) is 37.7. The van der Waals surface area contributed by atoms with Crippen LogP contribution in [0.1, 0.15) is 248 Å². The van der Waals surface area contributed by atoms with Gasteiger partial charge in [0.25, 0.3) is 0 Å². The van der Waals surface area contributed by atoms with Gasteiger partial charge in [-0.25, -0.2) is 0 Å². The fourth-order valence-corrected chi connectivity index (χ4v) is 9.24. The van der Waals surface area contributed by atoms with Gasteiger partial charge in [-0.05, 0) is 75.5 Å². The van der Waals surface area contributed by atoms with Crippen LogP contribution >= 0.6 is 0 Å². The van der Waals surface area contributed by atoms with Crippen LogP contribution in [-0.4, -0.2) is 97.9 Å². The van der Waals surface area contributed by atoms with Gasteiger partial charge < -0.3 is 31.1 Å². The molecule has 66 heavy (non-hydrogen) atoms. The highest BCUT2D eigenvalue weighted by Crippen LogP contribution is 2.16. The Morgan fingerprint density at radius 3 is 0.848 bits per heavy atom. The molecule has 1 fully saturated rings. The van der Waals surface area contributed by atoms with Gasteiger partial charge in [-0.3, -0.25) is 19.2 Å². The number of carbonyl (C=O) groups excluding carboxylic acids is 4. The summed E-state index contributed by atoms with van der Waals surface area (Å²) in [6.07, 6.45) is 35.9. The number of piperazine rings is 1. The zero-order chi connectivity index (χ0) is 48.6. The first-order valence-electron chi connectivity index (χ1n) is 28.4. The van der Waals surface area contributed by atoms with Crippen LogP contribution in [0, 0.1) is 23.7 Å². The Kier molecular flexibility index (Phi) is 39.1. The normalized spacial score (nSPS) is 15.5. The molecule has 0 bridgehead atoms. The maximum Gasteiger partial charge on any atom is 0.243 e. The minimum atomic E-state index is -0.942. The van der Waals surface area contributed by atoms with Crippen molar-refractivity contribution < 1.29 is 19.2 Å². The number of carbonyl (C=O) groups is 4. The number of hydrogen-bond acceptors (Lipinski definition) is 6. The van der Waals surface area contributed by atoms with Crippen molar-refractivity contribution >= 4 is 23.6 Å². The highest BCUT2D eigenvalue weighted by Gasteiger charge is 2.35. The van der Waals surface area contributed by atoms with E-state index in [1.165, 1.54) is 180 Å². The van der Waals surface area contributed by atoms with Crippen LogP contribution in [0.3, 0.4) is 0 Å². The summed E-state index contributed by atoms with van der Waals surface area (Å²) >= 11 is 0. The van der Waals surface area contributed by atoms with Crippen molar-refractivity contribution in [2.75, 3.05) is 52.4 Å². The lowest BCUT2D eigenvalue weighted by molar-refractivity contribution is -0.140. The number of unbranched alkanes of at least 4 members (excludes halogenated alkanes) is 20. The van der Waals surface area contributed by atoms with E-state index in [0.29, 0.717) is 13.1 Å². The van der Waals surface area contributed by atoms with Crippen molar-refractivity contribution in [2.24, 2.45) is 23.7 Å². The zero-order valence-electron chi connectivity index (χ0n) is 44.9. The number of amides is 4. The summed E-state index contributed by atoms with van der Waals surface area (Å²) in [6, 6.07) is -1.88. The molecule has 0 aliphatic carbocycles. The molecule has 1 aliphatic heterocycles. The molecule has 0 aromatic rings. The van der Waals surface area contributed by atoms with Gasteiger partial charge >= 0.3 is 0 Å². The minimum Gasteiger partial charge on any atom is -0.355 e. The van der Waals surface area contributed by atoms with Crippen molar-refractivity contribution in [3.8, 4) is 0 Å². The molecule has 0 radical (unpaired) electrons. The van der Waals surface area contributed by atoms with Crippen LogP contribution in [0.25, 0.3) is 0 Å². The summed E-state index contributed by atoms with van der Waals surface area (Å²) in [7, 11) is 0. The van der Waals surface area contributed by atoms with E-state index in [4.69, 9.17) is 0 Å². The molecule has 1 saturated heterocycles. The van der Waals surface area contributed by atoms with Gasteiger partial charge in [0.15, 0.2) is 0 Å². The molecule has 2 unspecified atom stereocenters. The van der Waals surface area contributed by atoms with Gasteiger partial charge in [0.05, 0.1) is 12.8 Å². The lowest BCUT2D eigenvalue weighted by atomic mass is 10.0. The number of nitrogens with one attached hydrogen (secondary N) is 4. The average molecular weight is 932 g/mol. The van der Waals surface area contributed by atoms with E-state index in [9.17, 15) is 19.2 Å². The topological polar surface area (TPSA) is 123 Å². The second kappa shape index (κ2) is 41.7. The molecular weight excluding hydrogens is 821 g/mol. The molecule has 1 rings (SSSR count). The Hall–Kier alpha value is -2.20. The highest BCUT2D eigenvalue weighted by molar-refractivity contribution is 6.00. The lowest BCUT2D eigenvalue weighted by Crippen LogP contribution is -2.63. The molecule has 0 aromatic heterocycles. The average Bonchev–Trinajstić information content (AvgIpc) is 3.25. The zero-order valence-corrected chi connectivity index (χ0v) is 44.9. The predicted octanol–water partition coefficient (Wildman–Crippen LogP) is 12.1. The van der Waals surface area contributed by atoms with E-state index in [1.54, 1.807) is 0 Å². The van der Waals surface area contributed by atoms with Gasteiger partial charge in [0, 0.05) is 26.2 Å². The van der Waals surface area contributed by atoms with Crippen LogP contribution in [0.4, 0.5) is 0 Å². The van der Waals surface area contributed by atoms with Gasteiger partial charge in [0.2, 0.25) is 23.6 Å². The van der Waals surface area contributed by atoms with Crippen LogP contribution in [0.5, 0.6) is 0 Å². The van der Waals surface area contributed by atoms with Gasteiger partial charge in [-0.1, -0.05) is 209 Å². The first kappa shape index (κ1) is 61.8. The Morgan fingerprint density at radius 1 is 0.379 bits per heavy atom. The Morgan fingerprint density at radius 2 is 0.606 bits per heavy atom. The summed E-state index contributed by atoms with van der Waals surface area (Å²) in [6.45, 7) is 25.2. The fraction of sp³-hybridized carbons (Fsp3) is 0.929. The first-order chi connectivity index (χ1) is 31.8. The third-order valence-electron chi connectivity index (χ3n) is 13.6. The number of rotatable bonds is 46. The number of nitrogens with zero attached hydrogens (tertiary/aromatic N) is 2.